The van der Waals surface area contributed by atoms with E-state index in [2.05, 4.69) is 6.58 Å². The van der Waals surface area contributed by atoms with Crippen molar-refractivity contribution < 1.29 is 158 Å². The van der Waals surface area contributed by atoms with Crippen molar-refractivity contribution in [3.8, 4) is 0 Å². The van der Waals surface area contributed by atoms with E-state index in [-0.39, 0.29) is 63.7 Å². The fraction of sp³-hybridized carbons (Fsp3) is 0.943. The van der Waals surface area contributed by atoms with E-state index in [0.717, 1.165) is 0 Å². The molecule has 5 heterocycles. The van der Waals surface area contributed by atoms with Crippen molar-refractivity contribution in [2.24, 2.45) is 0 Å². The smallest absolute Gasteiger partial charge is 0.187 e. The second kappa shape index (κ2) is 23.6. The molecule has 15 unspecified atom stereocenters. The fourth-order valence-electron chi connectivity index (χ4n) is 7.64. The Morgan fingerprint density at radius 2 is 1.00 bits per heavy atom. The number of aliphatic hydroxyl groups excluding tert-OH is 13. The molecular weight excluding hydrogens is 1030 g/mol. The van der Waals surface area contributed by atoms with Crippen molar-refractivity contribution in [3.05, 3.63) is 18.4 Å². The van der Waals surface area contributed by atoms with Crippen molar-refractivity contribution in [2.75, 3.05) is 33.0 Å². The Kier molecular flexibility index (Phi) is 20.8. The summed E-state index contributed by atoms with van der Waals surface area (Å²) in [6, 6.07) is -1.72. The number of nitrogens with one attached hydrogen (secondary N) is 1. The van der Waals surface area contributed by atoms with Gasteiger partial charge in [-0.05, 0) is 20.3 Å². The Morgan fingerprint density at radius 3 is 1.62 bits per heavy atom. The Labute approximate surface area is 380 Å². The molecule has 24 nitrogen and oxygen atoms in total. The molecule has 5 rings (SSSR count). The van der Waals surface area contributed by atoms with Crippen molar-refractivity contribution in [1.29, 1.82) is 0 Å². The van der Waals surface area contributed by atoms with Gasteiger partial charge in [-0.1, -0.05) is 12.1 Å². The third-order valence-corrected chi connectivity index (χ3v) is 11.2. The Morgan fingerprint density at radius 1 is 0.483 bits per heavy atom. The van der Waals surface area contributed by atoms with Gasteiger partial charge in [0.1, 0.15) is 104 Å². The largest absolute Gasteiger partial charge is 0.668 e. The van der Waals surface area contributed by atoms with Crippen LogP contribution in [-0.4, -0.2) is 253 Å². The number of hydrogen-bond acceptors (Lipinski definition) is 23. The summed E-state index contributed by atoms with van der Waals surface area (Å²) in [6.07, 6.45) is -36.6. The number of hydrogen-bond donors (Lipinski definition) is 13. The van der Waals surface area contributed by atoms with Crippen LogP contribution in [0, 0.1) is 44.1 Å². The average Bonchev–Trinajstić information content (AvgIpc) is 3.22. The molecule has 0 aliphatic carbocycles. The predicted molar refractivity (Wildman–Crippen MR) is 189 cm³/mol. The maximum absolute atomic E-state index is 11.2. The second-order valence-corrected chi connectivity index (χ2v) is 15.2. The molecule has 0 amide bonds. The van der Waals surface area contributed by atoms with Crippen molar-refractivity contribution in [3.63, 3.8) is 0 Å². The molecule has 1 radical (unpaired) electrons. The van der Waals surface area contributed by atoms with E-state index >= 15 is 0 Å². The molecule has 5 aliphatic heterocycles. The molecule has 0 spiro atoms. The van der Waals surface area contributed by atoms with Gasteiger partial charge >= 0.3 is 0 Å². The van der Waals surface area contributed by atoms with Crippen LogP contribution in [0.2, 0.25) is 0 Å². The maximum Gasteiger partial charge on any atom is 0.187 e. The van der Waals surface area contributed by atoms with Gasteiger partial charge in [0.05, 0.1) is 50.8 Å². The quantitative estimate of drug-likeness (QED) is 0.0639. The van der Waals surface area contributed by atoms with E-state index in [1.54, 1.807) is 0 Å². The zero-order valence-electron chi connectivity index (χ0n) is 32.9. The first-order valence-electron chi connectivity index (χ1n) is 19.4. The Bertz CT molecular complexity index is 1300. The van der Waals surface area contributed by atoms with Crippen LogP contribution in [0.1, 0.15) is 20.3 Å². The molecule has 0 aromatic heterocycles. The summed E-state index contributed by atoms with van der Waals surface area (Å²) in [7, 11) is 0. The maximum atomic E-state index is 11.2. The Hall–Kier alpha value is 0.222. The summed E-state index contributed by atoms with van der Waals surface area (Å²) < 4.78 is 57.9. The normalized spacial score (nSPS) is 50.2. The fourth-order valence-corrected chi connectivity index (χ4v) is 7.64. The van der Waals surface area contributed by atoms with Crippen LogP contribution in [0.5, 0.6) is 0 Å². The van der Waals surface area contributed by atoms with Crippen LogP contribution in [0.25, 0.3) is 5.73 Å². The topological polar surface area (TPSA) is 379 Å². The molecule has 60 heavy (non-hydrogen) atoms. The van der Waals surface area contributed by atoms with Gasteiger partial charge in [0.2, 0.25) is 0 Å². The molecule has 0 aromatic carbocycles. The molecule has 5 fully saturated rings. The number of rotatable bonds is 16. The second-order valence-electron chi connectivity index (χ2n) is 15.2. The van der Waals surface area contributed by atoms with E-state index in [1.807, 2.05) is 0 Å². The molecule has 25 heteroatoms. The van der Waals surface area contributed by atoms with E-state index < -0.39 is 173 Å². The van der Waals surface area contributed by atoms with Gasteiger partial charge in [0, 0.05) is 50.7 Å². The minimum atomic E-state index is -1.94. The van der Waals surface area contributed by atoms with Crippen LogP contribution in [0.4, 0.5) is 0 Å². The first-order valence-corrected chi connectivity index (χ1v) is 19.4. The summed E-state index contributed by atoms with van der Waals surface area (Å²) in [6.45, 7) is 3.41. The van der Waals surface area contributed by atoms with Gasteiger partial charge in [-0.3, -0.25) is 0 Å². The van der Waals surface area contributed by atoms with E-state index in [9.17, 15) is 72.1 Å². The first-order chi connectivity index (χ1) is 28.0. The van der Waals surface area contributed by atoms with Gasteiger partial charge in [0.15, 0.2) is 18.9 Å². The standard InChI is InChI=1S/C35H60NO23.Ac/c1-4-6-51-33-27(49)30(22(44)15(9-38)54-33)58-32-17(36)29(50-7-5-13-20(42)23(45)18(40)11(2)52-13)28(16(10-39)56-32)57-35-31(25(47)21(43)14(8-37)55-35)59-34-26(48)24(46)19(41)12(3)53-34;/h4,11-49H,1,5-10H2,2-3H3;/q-1;/t11?,12?,13-,14?,15?,16?,17?,18-,19+,20?,21+,22+,23?,24?,25?,26?,27?,28+,29?,30?,31?,32+,33-,34+,35+;/m1./s1. The zero-order valence-corrected chi connectivity index (χ0v) is 37.7. The van der Waals surface area contributed by atoms with Crippen molar-refractivity contribution in [2.45, 2.75) is 174 Å². The zero-order chi connectivity index (χ0) is 43.5. The molecule has 14 N–H and O–H groups in total. The Balaban J connectivity index is 0.00000794. The monoisotopic (exact) mass is 1090 g/mol. The molecule has 25 atom stereocenters. The summed E-state index contributed by atoms with van der Waals surface area (Å²) in [4.78, 5) is 0. The van der Waals surface area contributed by atoms with Crippen molar-refractivity contribution in [1.82, 2.24) is 0 Å². The summed E-state index contributed by atoms with van der Waals surface area (Å²) in [5.41, 5.74) is 9.27. The number of ether oxygens (including phenoxy) is 10. The molecular formula is C35H60AcNO23-. The van der Waals surface area contributed by atoms with Gasteiger partial charge in [-0.2, -0.15) is 0 Å². The molecule has 0 saturated carbocycles. The molecule has 347 valence electrons. The molecule has 0 bridgehead atoms. The van der Waals surface area contributed by atoms with E-state index in [0.29, 0.717) is 0 Å². The SMILES string of the molecule is C=CCO[C@@H]1OC(CO)[C@H](O)C(O[C@@H]2OC(CO)[C@H](O[C@@H]3OC(CO)[C@H](O)C(O)C3O[C@@H]3OC(C)[C@H](O)C(O)C3O)C(OCC[C@H]3OC(C)[C@@H](O)C(O)C3O)C2[NH-])C1O.[Ac]. The average molecular weight is 1090 g/mol. The molecule has 5 saturated heterocycles. The third kappa shape index (κ3) is 11.6. The summed E-state index contributed by atoms with van der Waals surface area (Å²) >= 11 is 0. The van der Waals surface area contributed by atoms with Gasteiger partial charge in [0.25, 0.3) is 0 Å². The first kappa shape index (κ1) is 52.8. The molecule has 0 aromatic rings. The number of aliphatic hydroxyl groups is 13. The third-order valence-electron chi connectivity index (χ3n) is 11.2. The minimum absolute atomic E-state index is 0. The summed E-state index contributed by atoms with van der Waals surface area (Å²) in [5.74, 6) is 0. The van der Waals surface area contributed by atoms with Crippen LogP contribution < -0.4 is 0 Å². The summed E-state index contributed by atoms with van der Waals surface area (Å²) in [5, 5.41) is 137. The molecule has 5 aliphatic rings. The van der Waals surface area contributed by atoms with Gasteiger partial charge < -0.3 is 119 Å². The van der Waals surface area contributed by atoms with E-state index in [4.69, 9.17) is 47.4 Å². The van der Waals surface area contributed by atoms with Crippen LogP contribution in [0.15, 0.2) is 12.7 Å². The minimum Gasteiger partial charge on any atom is -0.668 e. The van der Waals surface area contributed by atoms with Crippen molar-refractivity contribution >= 4 is 0 Å². The van der Waals surface area contributed by atoms with Crippen LogP contribution in [-0.2, 0) is 47.4 Å². The predicted octanol–water partition coefficient (Wildman–Crippen LogP) is -7.17. The van der Waals surface area contributed by atoms with Gasteiger partial charge in [-0.15, -0.1) is 6.58 Å². The van der Waals surface area contributed by atoms with Crippen LogP contribution >= 0.6 is 0 Å². The van der Waals surface area contributed by atoms with Crippen LogP contribution in [0.3, 0.4) is 0 Å². The van der Waals surface area contributed by atoms with E-state index in [1.165, 1.54) is 19.9 Å². The van der Waals surface area contributed by atoms with Gasteiger partial charge in [-0.25, -0.2) is 0 Å².